The average molecular weight is 221 g/mol. The van der Waals surface area contributed by atoms with Crippen LogP contribution in [0.3, 0.4) is 0 Å². The van der Waals surface area contributed by atoms with Crippen LogP contribution in [0.4, 0.5) is 5.69 Å². The zero-order valence-corrected chi connectivity index (χ0v) is 10.1. The second-order valence-corrected chi connectivity index (χ2v) is 4.81. The van der Waals surface area contributed by atoms with Crippen molar-refractivity contribution < 1.29 is 0 Å². The summed E-state index contributed by atoms with van der Waals surface area (Å²) >= 11 is 1.77. The highest BCUT2D eigenvalue weighted by Gasteiger charge is 2.14. The fourth-order valence-electron chi connectivity index (χ4n) is 1.48. The van der Waals surface area contributed by atoms with Gasteiger partial charge in [0.25, 0.3) is 0 Å². The van der Waals surface area contributed by atoms with Gasteiger partial charge in [-0.25, -0.2) is 0 Å². The summed E-state index contributed by atoms with van der Waals surface area (Å²) in [4.78, 5) is 8.90. The first kappa shape index (κ1) is 10.5. The molecule has 4 heteroatoms. The molecule has 2 heterocycles. The van der Waals surface area contributed by atoms with Gasteiger partial charge in [-0.2, -0.15) is 0 Å². The van der Waals surface area contributed by atoms with Gasteiger partial charge in [0.05, 0.1) is 17.4 Å². The molecule has 0 saturated carbocycles. The molecule has 1 N–H and O–H groups in total. The van der Waals surface area contributed by atoms with Gasteiger partial charge in [-0.15, -0.1) is 0 Å². The molecule has 0 fully saturated rings. The number of nitrogens with one attached hydrogen (secondary N) is 1. The van der Waals surface area contributed by atoms with Crippen molar-refractivity contribution in [3.05, 3.63) is 23.5 Å². The van der Waals surface area contributed by atoms with Gasteiger partial charge in [0, 0.05) is 11.4 Å². The van der Waals surface area contributed by atoms with Gasteiger partial charge in [0.15, 0.2) is 5.17 Å². The van der Waals surface area contributed by atoms with Crippen LogP contribution in [-0.2, 0) is 0 Å². The lowest BCUT2D eigenvalue weighted by Gasteiger charge is -2.08. The predicted octanol–water partition coefficient (Wildman–Crippen LogP) is 2.60. The molecule has 0 aromatic carbocycles. The second kappa shape index (κ2) is 4.23. The van der Waals surface area contributed by atoms with E-state index in [1.807, 2.05) is 19.9 Å². The molecule has 0 saturated heterocycles. The Morgan fingerprint density at radius 3 is 2.80 bits per heavy atom. The van der Waals surface area contributed by atoms with Crippen molar-refractivity contribution in [1.82, 2.24) is 4.98 Å². The molecule has 0 radical (unpaired) electrons. The van der Waals surface area contributed by atoms with Gasteiger partial charge in [0.2, 0.25) is 0 Å². The molecule has 0 aliphatic carbocycles. The maximum atomic E-state index is 4.49. The fourth-order valence-corrected chi connectivity index (χ4v) is 2.39. The molecule has 80 valence electrons. The van der Waals surface area contributed by atoms with E-state index in [4.69, 9.17) is 0 Å². The number of aliphatic imine (C=N–C) groups is 1. The van der Waals surface area contributed by atoms with Gasteiger partial charge in [-0.3, -0.25) is 9.98 Å². The average Bonchev–Trinajstić information content (AvgIpc) is 2.56. The maximum Gasteiger partial charge on any atom is 0.161 e. The minimum Gasteiger partial charge on any atom is -0.333 e. The Kier molecular flexibility index (Phi) is 2.95. The molecule has 1 unspecified atom stereocenters. The summed E-state index contributed by atoms with van der Waals surface area (Å²) in [5.74, 6) is 1.07. The molecule has 1 aromatic rings. The standard InChI is InChI=1S/C11H15N3S/c1-7-4-5-10(9(3)12-7)14-11-13-8(2)6-15-11/h4-5,8H,6H2,1-3H3,(H,13,14). The van der Waals surface area contributed by atoms with Gasteiger partial charge < -0.3 is 5.32 Å². The lowest BCUT2D eigenvalue weighted by Crippen LogP contribution is -2.07. The van der Waals surface area contributed by atoms with E-state index in [2.05, 4.69) is 28.3 Å². The molecule has 1 aromatic heterocycles. The van der Waals surface area contributed by atoms with Crippen molar-refractivity contribution in [1.29, 1.82) is 0 Å². The highest BCUT2D eigenvalue weighted by Crippen LogP contribution is 2.21. The van der Waals surface area contributed by atoms with Crippen molar-refractivity contribution in [3.8, 4) is 0 Å². The molecule has 0 amide bonds. The molecular weight excluding hydrogens is 206 g/mol. The van der Waals surface area contributed by atoms with Gasteiger partial charge in [-0.05, 0) is 32.9 Å². The zero-order valence-electron chi connectivity index (χ0n) is 9.24. The Morgan fingerprint density at radius 2 is 2.20 bits per heavy atom. The number of anilines is 1. The third-order valence-electron chi connectivity index (χ3n) is 2.27. The summed E-state index contributed by atoms with van der Waals surface area (Å²) in [6, 6.07) is 4.50. The topological polar surface area (TPSA) is 37.3 Å². The highest BCUT2D eigenvalue weighted by atomic mass is 32.2. The molecule has 1 atom stereocenters. The number of amidine groups is 1. The molecule has 3 nitrogen and oxygen atoms in total. The van der Waals surface area contributed by atoms with Crippen molar-refractivity contribution in [2.45, 2.75) is 26.8 Å². The van der Waals surface area contributed by atoms with E-state index in [-0.39, 0.29) is 0 Å². The normalized spacial score (nSPS) is 20.2. The van der Waals surface area contributed by atoms with E-state index >= 15 is 0 Å². The summed E-state index contributed by atoms with van der Waals surface area (Å²) in [6.45, 7) is 6.14. The number of nitrogens with zero attached hydrogens (tertiary/aromatic N) is 2. The molecule has 1 aliphatic heterocycles. The number of aryl methyl sites for hydroxylation is 2. The second-order valence-electron chi connectivity index (χ2n) is 3.80. The van der Waals surface area contributed by atoms with Crippen LogP contribution in [0.25, 0.3) is 0 Å². The SMILES string of the molecule is Cc1ccc(NC2=NC(C)CS2)c(C)n1. The van der Waals surface area contributed by atoms with Gasteiger partial charge in [0.1, 0.15) is 0 Å². The van der Waals surface area contributed by atoms with Gasteiger partial charge in [-0.1, -0.05) is 11.8 Å². The van der Waals surface area contributed by atoms with E-state index in [0.29, 0.717) is 6.04 Å². The summed E-state index contributed by atoms with van der Waals surface area (Å²) in [5, 5.41) is 4.33. The van der Waals surface area contributed by atoms with Crippen molar-refractivity contribution in [2.75, 3.05) is 11.1 Å². The summed E-state index contributed by atoms with van der Waals surface area (Å²) < 4.78 is 0. The Labute approximate surface area is 94.4 Å². The van der Waals surface area contributed by atoms with Crippen LogP contribution < -0.4 is 5.32 Å². The van der Waals surface area contributed by atoms with Crippen LogP contribution in [0, 0.1) is 13.8 Å². The first-order valence-corrected chi connectivity index (χ1v) is 6.05. The maximum absolute atomic E-state index is 4.49. The van der Waals surface area contributed by atoms with Crippen LogP contribution in [0.5, 0.6) is 0 Å². The highest BCUT2D eigenvalue weighted by molar-refractivity contribution is 8.14. The Hall–Kier alpha value is -1.03. The van der Waals surface area contributed by atoms with Crippen LogP contribution in [-0.4, -0.2) is 21.9 Å². The lowest BCUT2D eigenvalue weighted by atomic mass is 10.3. The lowest BCUT2D eigenvalue weighted by molar-refractivity contribution is 0.865. The summed E-state index contributed by atoms with van der Waals surface area (Å²) in [6.07, 6.45) is 0. The Balaban J connectivity index is 2.14. The zero-order chi connectivity index (χ0) is 10.8. The smallest absolute Gasteiger partial charge is 0.161 e. The molecule has 2 rings (SSSR count). The van der Waals surface area contributed by atoms with Crippen molar-refractivity contribution in [3.63, 3.8) is 0 Å². The predicted molar refractivity (Wildman–Crippen MR) is 66.7 cm³/mol. The summed E-state index contributed by atoms with van der Waals surface area (Å²) in [5.41, 5.74) is 3.13. The van der Waals surface area contributed by atoms with E-state index in [1.54, 1.807) is 11.8 Å². The number of pyridine rings is 1. The van der Waals surface area contributed by atoms with E-state index in [9.17, 15) is 0 Å². The molecule has 0 spiro atoms. The molecular formula is C11H15N3S. The molecule has 1 aliphatic rings. The number of aromatic nitrogens is 1. The van der Waals surface area contributed by atoms with E-state index in [1.165, 1.54) is 0 Å². The monoisotopic (exact) mass is 221 g/mol. The number of rotatable bonds is 1. The minimum absolute atomic E-state index is 0.427. The first-order chi connectivity index (χ1) is 7.15. The quantitative estimate of drug-likeness (QED) is 0.792. The van der Waals surface area contributed by atoms with Crippen LogP contribution in [0.2, 0.25) is 0 Å². The number of hydrogen-bond acceptors (Lipinski definition) is 4. The number of hydrogen-bond donors (Lipinski definition) is 1. The number of thioether (sulfide) groups is 1. The third kappa shape index (κ3) is 2.50. The van der Waals surface area contributed by atoms with Gasteiger partial charge >= 0.3 is 0 Å². The first-order valence-electron chi connectivity index (χ1n) is 5.07. The van der Waals surface area contributed by atoms with Crippen molar-refractivity contribution >= 4 is 22.6 Å². The van der Waals surface area contributed by atoms with Crippen LogP contribution in [0.15, 0.2) is 17.1 Å². The van der Waals surface area contributed by atoms with E-state index in [0.717, 1.165) is 28.0 Å². The summed E-state index contributed by atoms with van der Waals surface area (Å²) in [7, 11) is 0. The largest absolute Gasteiger partial charge is 0.333 e. The Bertz CT molecular complexity index is 401. The fraction of sp³-hybridized carbons (Fsp3) is 0.455. The molecule has 0 bridgehead atoms. The molecule has 15 heavy (non-hydrogen) atoms. The van der Waals surface area contributed by atoms with E-state index < -0.39 is 0 Å². The Morgan fingerprint density at radius 1 is 1.40 bits per heavy atom. The van der Waals surface area contributed by atoms with Crippen LogP contribution in [0.1, 0.15) is 18.3 Å². The third-order valence-corrected chi connectivity index (χ3v) is 3.40. The van der Waals surface area contributed by atoms with Crippen molar-refractivity contribution in [2.24, 2.45) is 4.99 Å². The van der Waals surface area contributed by atoms with Crippen LogP contribution >= 0.6 is 11.8 Å². The minimum atomic E-state index is 0.427.